The van der Waals surface area contributed by atoms with Crippen LogP contribution in [0.2, 0.25) is 0 Å². The molecule has 2 N–H and O–H groups in total. The van der Waals surface area contributed by atoms with Crippen molar-refractivity contribution >= 4 is 12.0 Å². The predicted octanol–water partition coefficient (Wildman–Crippen LogP) is -0.0986. The van der Waals surface area contributed by atoms with Gasteiger partial charge in [0.25, 0.3) is 0 Å². The first-order valence-corrected chi connectivity index (χ1v) is 7.66. The molecule has 2 aliphatic heterocycles. The molecule has 7 heteroatoms. The van der Waals surface area contributed by atoms with Gasteiger partial charge in [0.05, 0.1) is 6.61 Å². The Morgan fingerprint density at radius 3 is 2.38 bits per heavy atom. The van der Waals surface area contributed by atoms with E-state index in [1.807, 2.05) is 6.92 Å². The highest BCUT2D eigenvalue weighted by molar-refractivity contribution is 5.83. The number of carbonyl (C=O) groups excluding carboxylic acids is 1. The van der Waals surface area contributed by atoms with E-state index in [4.69, 9.17) is 5.11 Å². The second kappa shape index (κ2) is 7.09. The van der Waals surface area contributed by atoms with Crippen molar-refractivity contribution in [2.24, 2.45) is 5.92 Å². The largest absolute Gasteiger partial charge is 0.480 e. The molecule has 120 valence electrons. The first-order chi connectivity index (χ1) is 10.0. The first kappa shape index (κ1) is 16.0. The van der Waals surface area contributed by atoms with Gasteiger partial charge in [-0.25, -0.2) is 9.59 Å². The van der Waals surface area contributed by atoms with E-state index in [2.05, 4.69) is 4.90 Å². The van der Waals surface area contributed by atoms with Crippen LogP contribution in [0, 0.1) is 5.92 Å². The molecule has 0 radical (unpaired) electrons. The van der Waals surface area contributed by atoms with Crippen molar-refractivity contribution in [3.05, 3.63) is 0 Å². The Morgan fingerprint density at radius 2 is 1.81 bits per heavy atom. The van der Waals surface area contributed by atoms with Crippen molar-refractivity contribution in [3.8, 4) is 0 Å². The molecular weight excluding hydrogens is 274 g/mol. The number of urea groups is 1. The molecule has 0 spiro atoms. The van der Waals surface area contributed by atoms with E-state index in [1.165, 1.54) is 4.90 Å². The van der Waals surface area contributed by atoms with Gasteiger partial charge in [0.15, 0.2) is 0 Å². The third-order valence-corrected chi connectivity index (χ3v) is 4.49. The number of carboxylic acids is 1. The maximum Gasteiger partial charge on any atom is 0.326 e. The summed E-state index contributed by atoms with van der Waals surface area (Å²) in [5.74, 6) is -0.912. The summed E-state index contributed by atoms with van der Waals surface area (Å²) in [6.07, 6.45) is 1.71. The fraction of sp³-hybridized carbons (Fsp3) is 0.857. The van der Waals surface area contributed by atoms with Gasteiger partial charge in [-0.15, -0.1) is 0 Å². The van der Waals surface area contributed by atoms with Crippen molar-refractivity contribution in [1.29, 1.82) is 0 Å². The number of hydrogen-bond donors (Lipinski definition) is 2. The van der Waals surface area contributed by atoms with E-state index >= 15 is 0 Å². The van der Waals surface area contributed by atoms with E-state index in [0.29, 0.717) is 26.2 Å². The Kier molecular flexibility index (Phi) is 5.41. The third-order valence-electron chi connectivity index (χ3n) is 4.49. The molecular formula is C14H25N3O4. The number of rotatable bonds is 3. The van der Waals surface area contributed by atoms with Gasteiger partial charge < -0.3 is 20.0 Å². The van der Waals surface area contributed by atoms with Gasteiger partial charge in [0.2, 0.25) is 0 Å². The molecule has 21 heavy (non-hydrogen) atoms. The Hall–Kier alpha value is -1.34. The number of aliphatic carboxylic acids is 1. The van der Waals surface area contributed by atoms with Gasteiger partial charge in [-0.2, -0.15) is 0 Å². The van der Waals surface area contributed by atoms with Crippen LogP contribution in [-0.4, -0.2) is 88.8 Å². The average molecular weight is 299 g/mol. The lowest BCUT2D eigenvalue weighted by Crippen LogP contribution is -2.59. The number of hydrogen-bond acceptors (Lipinski definition) is 4. The van der Waals surface area contributed by atoms with Crippen LogP contribution in [0.25, 0.3) is 0 Å². The number of aliphatic hydroxyl groups is 1. The van der Waals surface area contributed by atoms with Crippen molar-refractivity contribution in [2.75, 3.05) is 45.9 Å². The van der Waals surface area contributed by atoms with Gasteiger partial charge in [-0.1, -0.05) is 6.92 Å². The van der Waals surface area contributed by atoms with Crippen LogP contribution in [0.3, 0.4) is 0 Å². The van der Waals surface area contributed by atoms with Crippen LogP contribution in [0.4, 0.5) is 4.79 Å². The minimum absolute atomic E-state index is 0.00382. The van der Waals surface area contributed by atoms with Gasteiger partial charge in [-0.3, -0.25) is 4.90 Å². The summed E-state index contributed by atoms with van der Waals surface area (Å²) in [6, 6.07) is -0.862. The molecule has 2 heterocycles. The van der Waals surface area contributed by atoms with Gasteiger partial charge in [0.1, 0.15) is 6.04 Å². The number of piperazine rings is 1. The number of nitrogens with zero attached hydrogens (tertiary/aromatic N) is 3. The molecule has 2 fully saturated rings. The van der Waals surface area contributed by atoms with Gasteiger partial charge in [-0.05, 0) is 18.8 Å². The smallest absolute Gasteiger partial charge is 0.326 e. The maximum absolute atomic E-state index is 12.6. The monoisotopic (exact) mass is 299 g/mol. The van der Waals surface area contributed by atoms with Gasteiger partial charge in [0, 0.05) is 39.3 Å². The zero-order valence-electron chi connectivity index (χ0n) is 12.6. The van der Waals surface area contributed by atoms with E-state index in [9.17, 15) is 14.7 Å². The van der Waals surface area contributed by atoms with Crippen molar-refractivity contribution in [1.82, 2.24) is 14.7 Å². The molecule has 2 atom stereocenters. The summed E-state index contributed by atoms with van der Waals surface area (Å²) in [7, 11) is 0. The van der Waals surface area contributed by atoms with Crippen LogP contribution < -0.4 is 0 Å². The van der Waals surface area contributed by atoms with E-state index in [-0.39, 0.29) is 18.6 Å². The summed E-state index contributed by atoms with van der Waals surface area (Å²) >= 11 is 0. The normalized spacial score (nSPS) is 27.7. The summed E-state index contributed by atoms with van der Waals surface area (Å²) < 4.78 is 0. The summed E-state index contributed by atoms with van der Waals surface area (Å²) in [5.41, 5.74) is 0. The zero-order valence-corrected chi connectivity index (χ0v) is 12.6. The lowest BCUT2D eigenvalue weighted by atomic mass is 9.91. The number of aliphatic hydroxyl groups excluding tert-OH is 1. The molecule has 0 aromatic heterocycles. The predicted molar refractivity (Wildman–Crippen MR) is 77.0 cm³/mol. The molecule has 0 saturated carbocycles. The van der Waals surface area contributed by atoms with Crippen LogP contribution in [0.1, 0.15) is 19.8 Å². The molecule has 0 aromatic carbocycles. The number of amides is 2. The maximum atomic E-state index is 12.6. The number of carbonyl (C=O) groups is 2. The average Bonchev–Trinajstić information content (AvgIpc) is 2.47. The Bertz CT molecular complexity index is 382. The molecule has 2 saturated heterocycles. The molecule has 0 bridgehead atoms. The number of likely N-dealkylation sites (tertiary alicyclic amines) is 1. The van der Waals surface area contributed by atoms with Gasteiger partial charge >= 0.3 is 12.0 Å². The molecule has 7 nitrogen and oxygen atoms in total. The second-order valence-corrected chi connectivity index (χ2v) is 5.93. The standard InChI is InChI=1S/C14H25N3O4/c1-11-3-2-4-17(12(11)13(19)20)14(21)16-7-5-15(6-8-16)9-10-18/h11-12,18H,2-10H2,1H3,(H,19,20). The SMILES string of the molecule is CC1CCCN(C(=O)N2CCN(CCO)CC2)C1C(=O)O. The van der Waals surface area contributed by atoms with Crippen LogP contribution in [0.5, 0.6) is 0 Å². The number of β-amino-alcohol motifs (C(OH)–C–C–N with tert-alkyl or cyclic N) is 1. The fourth-order valence-electron chi connectivity index (χ4n) is 3.26. The minimum atomic E-state index is -0.908. The summed E-state index contributed by atoms with van der Waals surface area (Å²) in [4.78, 5) is 29.4. The van der Waals surface area contributed by atoms with Crippen molar-refractivity contribution < 1.29 is 19.8 Å². The van der Waals surface area contributed by atoms with Crippen molar-refractivity contribution in [2.45, 2.75) is 25.8 Å². The third kappa shape index (κ3) is 3.65. The summed E-state index contributed by atoms with van der Waals surface area (Å²) in [6.45, 7) is 5.82. The van der Waals surface area contributed by atoms with Crippen LogP contribution >= 0.6 is 0 Å². The van der Waals surface area contributed by atoms with Crippen LogP contribution in [-0.2, 0) is 4.79 Å². The zero-order chi connectivity index (χ0) is 15.4. The summed E-state index contributed by atoms with van der Waals surface area (Å²) in [5, 5.41) is 18.3. The first-order valence-electron chi connectivity index (χ1n) is 7.66. The molecule has 2 amide bonds. The lowest BCUT2D eigenvalue weighted by molar-refractivity contribution is -0.145. The van der Waals surface area contributed by atoms with E-state index in [0.717, 1.165) is 25.9 Å². The molecule has 0 aliphatic carbocycles. The number of carboxylic acid groups (broad SMARTS) is 1. The highest BCUT2D eigenvalue weighted by atomic mass is 16.4. The Labute approximate surface area is 125 Å². The quantitative estimate of drug-likeness (QED) is 0.760. The molecule has 2 aliphatic rings. The van der Waals surface area contributed by atoms with E-state index in [1.54, 1.807) is 4.90 Å². The lowest BCUT2D eigenvalue weighted by Gasteiger charge is -2.42. The fourth-order valence-corrected chi connectivity index (χ4v) is 3.26. The topological polar surface area (TPSA) is 84.3 Å². The second-order valence-electron chi connectivity index (χ2n) is 5.93. The van der Waals surface area contributed by atoms with Crippen molar-refractivity contribution in [3.63, 3.8) is 0 Å². The van der Waals surface area contributed by atoms with Crippen LogP contribution in [0.15, 0.2) is 0 Å². The highest BCUT2D eigenvalue weighted by Gasteiger charge is 2.39. The molecule has 0 aromatic rings. The minimum Gasteiger partial charge on any atom is -0.480 e. The van der Waals surface area contributed by atoms with E-state index < -0.39 is 12.0 Å². The molecule has 2 unspecified atom stereocenters. The molecule has 2 rings (SSSR count). The number of piperidine rings is 1. The Morgan fingerprint density at radius 1 is 1.14 bits per heavy atom. The highest BCUT2D eigenvalue weighted by Crippen LogP contribution is 2.25. The Balaban J connectivity index is 1.97.